The molecule has 0 bridgehead atoms. The Labute approximate surface area is 89.2 Å². The van der Waals surface area contributed by atoms with Crippen LogP contribution in [0.5, 0.6) is 0 Å². The van der Waals surface area contributed by atoms with Gasteiger partial charge in [0.05, 0.1) is 0 Å². The van der Waals surface area contributed by atoms with Gasteiger partial charge < -0.3 is 10.1 Å². The molecule has 0 amide bonds. The summed E-state index contributed by atoms with van der Waals surface area (Å²) < 4.78 is 0. The van der Waals surface area contributed by atoms with E-state index in [0.29, 0.717) is 5.82 Å². The Balaban J connectivity index is 2.48. The summed E-state index contributed by atoms with van der Waals surface area (Å²) in [6.07, 6.45) is 2.86. The zero-order chi connectivity index (χ0) is 10.8. The number of hydrogen-bond acceptors (Lipinski definition) is 4. The largest absolute Gasteiger partial charge is 0.477 e. The summed E-state index contributed by atoms with van der Waals surface area (Å²) in [5.74, 6) is 0.101. The van der Waals surface area contributed by atoms with Crippen LogP contribution in [-0.2, 0) is 0 Å². The fraction of sp³-hybridized carbons (Fsp3) is 0.222. The SMILES string of the molecule is O=C(O)c1cc(=O)[nH]c(C2=CCCS2)n1. The first-order valence-electron chi connectivity index (χ1n) is 4.35. The first-order valence-corrected chi connectivity index (χ1v) is 5.33. The van der Waals surface area contributed by atoms with E-state index in [-0.39, 0.29) is 5.69 Å². The van der Waals surface area contributed by atoms with Crippen LogP contribution in [0.3, 0.4) is 0 Å². The highest BCUT2D eigenvalue weighted by atomic mass is 32.2. The first kappa shape index (κ1) is 9.97. The van der Waals surface area contributed by atoms with Crippen molar-refractivity contribution in [2.75, 3.05) is 5.75 Å². The molecule has 5 nitrogen and oxygen atoms in total. The number of aromatic amines is 1. The van der Waals surface area contributed by atoms with Crippen molar-refractivity contribution in [1.82, 2.24) is 9.97 Å². The van der Waals surface area contributed by atoms with E-state index >= 15 is 0 Å². The van der Waals surface area contributed by atoms with Crippen molar-refractivity contribution in [2.24, 2.45) is 0 Å². The van der Waals surface area contributed by atoms with Crippen molar-refractivity contribution in [3.8, 4) is 0 Å². The van der Waals surface area contributed by atoms with Gasteiger partial charge in [-0.05, 0) is 6.42 Å². The number of allylic oxidation sites excluding steroid dienone is 1. The normalized spacial score (nSPS) is 15.1. The van der Waals surface area contributed by atoms with E-state index in [2.05, 4.69) is 9.97 Å². The lowest BCUT2D eigenvalue weighted by molar-refractivity contribution is 0.0690. The Hall–Kier alpha value is -1.56. The van der Waals surface area contributed by atoms with Crippen LogP contribution in [0.15, 0.2) is 16.9 Å². The molecule has 0 saturated carbocycles. The Morgan fingerprint density at radius 1 is 1.60 bits per heavy atom. The Morgan fingerprint density at radius 2 is 2.40 bits per heavy atom. The van der Waals surface area contributed by atoms with Gasteiger partial charge in [-0.1, -0.05) is 6.08 Å². The molecule has 0 unspecified atom stereocenters. The molecule has 2 N–H and O–H groups in total. The van der Waals surface area contributed by atoms with Crippen LogP contribution in [0.1, 0.15) is 22.7 Å². The smallest absolute Gasteiger partial charge is 0.354 e. The summed E-state index contributed by atoms with van der Waals surface area (Å²) in [7, 11) is 0. The van der Waals surface area contributed by atoms with E-state index in [1.807, 2.05) is 6.08 Å². The highest BCUT2D eigenvalue weighted by Crippen LogP contribution is 2.31. The predicted octanol–water partition coefficient (Wildman–Crippen LogP) is 0.946. The molecule has 0 fully saturated rings. The second-order valence-corrected chi connectivity index (χ2v) is 4.13. The van der Waals surface area contributed by atoms with Crippen molar-refractivity contribution in [2.45, 2.75) is 6.42 Å². The molecule has 1 aromatic rings. The minimum atomic E-state index is -1.19. The van der Waals surface area contributed by atoms with Crippen LogP contribution >= 0.6 is 11.8 Å². The van der Waals surface area contributed by atoms with E-state index in [0.717, 1.165) is 23.1 Å². The van der Waals surface area contributed by atoms with E-state index in [9.17, 15) is 9.59 Å². The van der Waals surface area contributed by atoms with Crippen LogP contribution in [0.25, 0.3) is 4.91 Å². The minimum absolute atomic E-state index is 0.220. The number of hydrogen-bond donors (Lipinski definition) is 2. The maximum Gasteiger partial charge on any atom is 0.354 e. The third-order valence-corrected chi connectivity index (χ3v) is 3.01. The fourth-order valence-electron chi connectivity index (χ4n) is 1.27. The van der Waals surface area contributed by atoms with Crippen molar-refractivity contribution in [3.63, 3.8) is 0 Å². The molecule has 2 heterocycles. The lowest BCUT2D eigenvalue weighted by Gasteiger charge is -2.01. The highest BCUT2D eigenvalue weighted by molar-refractivity contribution is 8.08. The fourth-order valence-corrected chi connectivity index (χ4v) is 2.19. The molecule has 2 rings (SSSR count). The number of carbonyl (C=O) groups is 1. The lowest BCUT2D eigenvalue weighted by atomic mass is 10.3. The van der Waals surface area contributed by atoms with Gasteiger partial charge in [0.15, 0.2) is 5.69 Å². The van der Waals surface area contributed by atoms with E-state index < -0.39 is 11.5 Å². The van der Waals surface area contributed by atoms with E-state index in [1.54, 1.807) is 11.8 Å². The maximum atomic E-state index is 11.2. The number of carboxylic acid groups (broad SMARTS) is 1. The van der Waals surface area contributed by atoms with Crippen LogP contribution in [-0.4, -0.2) is 26.8 Å². The average molecular weight is 224 g/mol. The molecular formula is C9H8N2O3S. The Morgan fingerprint density at radius 3 is 3.00 bits per heavy atom. The molecule has 15 heavy (non-hydrogen) atoms. The Kier molecular flexibility index (Phi) is 2.59. The van der Waals surface area contributed by atoms with Crippen LogP contribution < -0.4 is 5.56 Å². The van der Waals surface area contributed by atoms with E-state index in [1.165, 1.54) is 0 Å². The van der Waals surface area contributed by atoms with Gasteiger partial charge >= 0.3 is 5.97 Å². The highest BCUT2D eigenvalue weighted by Gasteiger charge is 2.13. The summed E-state index contributed by atoms with van der Waals surface area (Å²) in [6, 6.07) is 0.978. The lowest BCUT2D eigenvalue weighted by Crippen LogP contribution is -2.14. The number of aromatic nitrogens is 2. The maximum absolute atomic E-state index is 11.2. The van der Waals surface area contributed by atoms with Gasteiger partial charge in [0, 0.05) is 16.7 Å². The summed E-state index contributed by atoms with van der Waals surface area (Å²) in [5, 5.41) is 8.73. The van der Waals surface area contributed by atoms with Crippen LogP contribution in [0, 0.1) is 0 Å². The number of nitrogens with zero attached hydrogens (tertiary/aromatic N) is 1. The third-order valence-electron chi connectivity index (χ3n) is 1.90. The second-order valence-electron chi connectivity index (χ2n) is 2.99. The van der Waals surface area contributed by atoms with Gasteiger partial charge in [-0.2, -0.15) is 0 Å². The summed E-state index contributed by atoms with van der Waals surface area (Å²) >= 11 is 1.56. The summed E-state index contributed by atoms with van der Waals surface area (Å²) in [5.41, 5.74) is -0.659. The number of aromatic carboxylic acids is 1. The van der Waals surface area contributed by atoms with Gasteiger partial charge in [-0.3, -0.25) is 4.79 Å². The first-order chi connectivity index (χ1) is 7.16. The minimum Gasteiger partial charge on any atom is -0.477 e. The predicted molar refractivity (Wildman–Crippen MR) is 56.9 cm³/mol. The summed E-state index contributed by atoms with van der Waals surface area (Å²) in [4.78, 5) is 29.1. The molecule has 78 valence electrons. The van der Waals surface area contributed by atoms with Crippen LogP contribution in [0.4, 0.5) is 0 Å². The number of H-pyrrole nitrogens is 1. The number of rotatable bonds is 2. The van der Waals surface area contributed by atoms with Crippen molar-refractivity contribution < 1.29 is 9.90 Å². The van der Waals surface area contributed by atoms with Crippen LogP contribution in [0.2, 0.25) is 0 Å². The molecule has 1 aromatic heterocycles. The second kappa shape index (κ2) is 3.90. The molecule has 0 atom stereocenters. The molecule has 0 aliphatic carbocycles. The third kappa shape index (κ3) is 2.10. The topological polar surface area (TPSA) is 83.0 Å². The molecule has 1 aliphatic heterocycles. The summed E-state index contributed by atoms with van der Waals surface area (Å²) in [6.45, 7) is 0. The van der Waals surface area contributed by atoms with Gasteiger partial charge in [-0.15, -0.1) is 11.8 Å². The number of carboxylic acids is 1. The molecule has 0 aromatic carbocycles. The van der Waals surface area contributed by atoms with E-state index in [4.69, 9.17) is 5.11 Å². The van der Waals surface area contributed by atoms with Gasteiger partial charge in [0.25, 0.3) is 5.56 Å². The average Bonchev–Trinajstić information content (AvgIpc) is 2.69. The molecule has 0 saturated heterocycles. The quantitative estimate of drug-likeness (QED) is 0.781. The monoisotopic (exact) mass is 224 g/mol. The molecule has 0 radical (unpaired) electrons. The molecule has 6 heteroatoms. The number of thioether (sulfide) groups is 1. The standard InChI is InChI=1S/C9H8N2O3S/c12-7-4-5(9(13)14)10-8(11-7)6-2-1-3-15-6/h2,4H,1,3H2,(H,13,14)(H,10,11,12). The van der Waals surface area contributed by atoms with Gasteiger partial charge in [0.1, 0.15) is 5.82 Å². The zero-order valence-electron chi connectivity index (χ0n) is 7.69. The van der Waals surface area contributed by atoms with Gasteiger partial charge in [-0.25, -0.2) is 9.78 Å². The van der Waals surface area contributed by atoms with Crippen molar-refractivity contribution in [3.05, 3.63) is 34.0 Å². The number of nitrogens with one attached hydrogen (secondary N) is 1. The van der Waals surface area contributed by atoms with Gasteiger partial charge in [0.2, 0.25) is 0 Å². The van der Waals surface area contributed by atoms with Crippen molar-refractivity contribution in [1.29, 1.82) is 0 Å². The van der Waals surface area contributed by atoms with Crippen molar-refractivity contribution >= 4 is 22.6 Å². The molecular weight excluding hydrogens is 216 g/mol. The molecule has 0 spiro atoms. The zero-order valence-corrected chi connectivity index (χ0v) is 8.50. The Bertz CT molecular complexity index is 492. The molecule has 1 aliphatic rings.